The third-order valence-corrected chi connectivity index (χ3v) is 10.3. The molecular weight excluding hydrogens is 758 g/mol. The number of rotatable bonds is 12. The molecule has 1 aliphatic heterocycles. The molecule has 0 amide bonds. The molecule has 4 rings (SSSR count). The van der Waals surface area contributed by atoms with Crippen molar-refractivity contribution in [3.8, 4) is 12.1 Å². The van der Waals surface area contributed by atoms with E-state index in [9.17, 15) is 22.4 Å². The highest BCUT2D eigenvalue weighted by atomic mass is 32.1. The van der Waals surface area contributed by atoms with Gasteiger partial charge in [0.15, 0.2) is 11.6 Å². The van der Waals surface area contributed by atoms with Crippen LogP contribution in [0.3, 0.4) is 0 Å². The number of fused-ring (bicyclic) bond motifs is 1. The summed E-state index contributed by atoms with van der Waals surface area (Å²) >= 11 is 1.66. The molecule has 1 saturated heterocycles. The van der Waals surface area contributed by atoms with Crippen LogP contribution in [0.4, 0.5) is 27.8 Å². The van der Waals surface area contributed by atoms with E-state index in [1.165, 1.54) is 50.9 Å². The van der Waals surface area contributed by atoms with E-state index >= 15 is 4.39 Å². The summed E-state index contributed by atoms with van der Waals surface area (Å²) in [4.78, 5) is 23.4. The number of likely N-dealkylation sites (tertiary alicyclic amines) is 1. The van der Waals surface area contributed by atoms with Crippen molar-refractivity contribution >= 4 is 39.9 Å². The van der Waals surface area contributed by atoms with Crippen LogP contribution >= 0.6 is 11.3 Å². The molecule has 7 nitrogen and oxygen atoms in total. The predicted octanol–water partition coefficient (Wildman–Crippen LogP) is 12.8. The summed E-state index contributed by atoms with van der Waals surface area (Å²) in [5, 5.41) is 10.5. The average Bonchev–Trinajstić information content (AvgIpc) is 3.88. The number of aromatic nitrogens is 2. The van der Waals surface area contributed by atoms with Crippen molar-refractivity contribution in [3.05, 3.63) is 76.0 Å². The van der Waals surface area contributed by atoms with Crippen LogP contribution in [0.5, 0.6) is 6.01 Å². The number of nitriles is 1. The molecule has 2 unspecified atom stereocenters. The molecule has 2 atom stereocenters. The lowest BCUT2D eigenvalue weighted by Gasteiger charge is -2.34. The van der Waals surface area contributed by atoms with Gasteiger partial charge in [-0.2, -0.15) is 28.4 Å². The van der Waals surface area contributed by atoms with Gasteiger partial charge in [0.05, 0.1) is 24.6 Å². The summed E-state index contributed by atoms with van der Waals surface area (Å²) in [7, 11) is 5.23. The van der Waals surface area contributed by atoms with Crippen LogP contribution in [-0.2, 0) is 11.0 Å². The first kappa shape index (κ1) is 52.9. The van der Waals surface area contributed by atoms with Crippen molar-refractivity contribution in [1.29, 1.82) is 5.26 Å². The number of nitrogens with zero attached hydrogens (tertiary/aromatic N) is 5. The molecule has 0 radical (unpaired) electrons. The van der Waals surface area contributed by atoms with Gasteiger partial charge in [-0.15, -0.1) is 11.3 Å². The van der Waals surface area contributed by atoms with Crippen molar-refractivity contribution in [2.24, 2.45) is 11.8 Å². The SMILES string of the molecule is C=CC(C)=O.CC.CC(C)c1sccc1C#N.CCC(C)CCC(C(C)C)N(C)c1nc(OC)nc2c(F)c(/C=C/C=C/F)c(C(F)(F)F)cc12.CN1CCCC1. The standard InChI is InChI=1S/C25H32F5N3O.C8H9NS.C5H11N.C4H6O.C2H6/c1-7-16(4)11-12-20(15(2)3)33(5)23-18-14-19(25(28,29)30)17(10-8-9-13-26)21(27)22(18)31-24(32-23)34-6;1-6(2)8-7(5-9)3-4-10-8;1-6-4-2-3-5-6;1-3-4(2)5;1-2/h8-10,13-16,20H,7,11-12H2,1-6H3;3-4,6H,1-2H3;2-5H2,1H3;3H,1H2,2H3;1-2H3/b10-8+,13-9+;;;;. The van der Waals surface area contributed by atoms with Gasteiger partial charge in [-0.05, 0) is 100 Å². The molecule has 1 fully saturated rings. The fourth-order valence-corrected chi connectivity index (χ4v) is 6.55. The minimum atomic E-state index is -4.85. The van der Waals surface area contributed by atoms with Crippen LogP contribution in [0.25, 0.3) is 17.0 Å². The minimum Gasteiger partial charge on any atom is -0.467 e. The number of carbonyl (C=O) groups excluding carboxylic acids is 1. The summed E-state index contributed by atoms with van der Waals surface area (Å²) in [5.74, 6) is 0.136. The minimum absolute atomic E-state index is 0.0185. The Morgan fingerprint density at radius 3 is 2.12 bits per heavy atom. The van der Waals surface area contributed by atoms with Crippen LogP contribution < -0.4 is 9.64 Å². The van der Waals surface area contributed by atoms with Crippen LogP contribution in [-0.4, -0.2) is 61.0 Å². The molecule has 2 aromatic heterocycles. The van der Waals surface area contributed by atoms with Crippen LogP contribution in [0.15, 0.2) is 48.6 Å². The van der Waals surface area contributed by atoms with Gasteiger partial charge < -0.3 is 14.5 Å². The zero-order chi connectivity index (χ0) is 43.9. The van der Waals surface area contributed by atoms with Crippen molar-refractivity contribution in [2.45, 2.75) is 113 Å². The third-order valence-electron chi connectivity index (χ3n) is 9.07. The molecular formula is C44H64F5N5O2S. The van der Waals surface area contributed by atoms with Gasteiger partial charge in [-0.3, -0.25) is 4.79 Å². The molecule has 0 saturated carbocycles. The van der Waals surface area contributed by atoms with Gasteiger partial charge in [0, 0.05) is 28.9 Å². The summed E-state index contributed by atoms with van der Waals surface area (Å²) in [6, 6.07) is 4.69. The second kappa shape index (κ2) is 27.5. The second-order valence-electron chi connectivity index (χ2n) is 14.1. The molecule has 3 heterocycles. The van der Waals surface area contributed by atoms with Gasteiger partial charge >= 0.3 is 12.2 Å². The molecule has 13 heteroatoms. The number of alkyl halides is 3. The largest absolute Gasteiger partial charge is 0.467 e. The number of hydrogen-bond donors (Lipinski definition) is 0. The van der Waals surface area contributed by atoms with Crippen molar-refractivity contribution in [2.75, 3.05) is 39.2 Å². The smallest absolute Gasteiger partial charge is 0.417 e. The zero-order valence-electron chi connectivity index (χ0n) is 35.9. The summed E-state index contributed by atoms with van der Waals surface area (Å²) in [6.07, 6.45) is 4.88. The molecule has 318 valence electrons. The highest BCUT2D eigenvalue weighted by molar-refractivity contribution is 7.10. The van der Waals surface area contributed by atoms with Gasteiger partial charge in [0.25, 0.3) is 0 Å². The lowest BCUT2D eigenvalue weighted by molar-refractivity contribution is -0.137. The van der Waals surface area contributed by atoms with E-state index in [4.69, 9.17) is 10.00 Å². The molecule has 0 N–H and O–H groups in total. The molecule has 0 aliphatic carbocycles. The highest BCUT2D eigenvalue weighted by Crippen LogP contribution is 2.40. The van der Waals surface area contributed by atoms with Crippen LogP contribution in [0, 0.1) is 29.0 Å². The topological polar surface area (TPSA) is 82.3 Å². The summed E-state index contributed by atoms with van der Waals surface area (Å²) < 4.78 is 74.6. The van der Waals surface area contributed by atoms with E-state index in [1.807, 2.05) is 39.1 Å². The maximum atomic E-state index is 15.5. The normalized spacial score (nSPS) is 13.7. The van der Waals surface area contributed by atoms with Crippen molar-refractivity contribution in [3.63, 3.8) is 0 Å². The van der Waals surface area contributed by atoms with E-state index in [-0.39, 0.29) is 46.8 Å². The van der Waals surface area contributed by atoms with Crippen molar-refractivity contribution < 1.29 is 31.5 Å². The van der Waals surface area contributed by atoms with E-state index in [1.54, 1.807) is 23.3 Å². The molecule has 0 spiro atoms. The second-order valence-corrected chi connectivity index (χ2v) is 15.0. The number of benzene rings is 1. The van der Waals surface area contributed by atoms with Gasteiger partial charge in [0.1, 0.15) is 17.4 Å². The van der Waals surface area contributed by atoms with Gasteiger partial charge in [-0.25, -0.2) is 8.78 Å². The van der Waals surface area contributed by atoms with Crippen LogP contribution in [0.1, 0.15) is 122 Å². The maximum Gasteiger partial charge on any atom is 0.417 e. The number of methoxy groups -OCH3 is 1. The average molecular weight is 822 g/mol. The highest BCUT2D eigenvalue weighted by Gasteiger charge is 2.36. The fraction of sp³-hybridized carbons (Fsp3) is 0.545. The van der Waals surface area contributed by atoms with E-state index in [0.29, 0.717) is 11.8 Å². The monoisotopic (exact) mass is 821 g/mol. The van der Waals surface area contributed by atoms with Crippen molar-refractivity contribution in [1.82, 2.24) is 14.9 Å². The number of carbonyl (C=O) groups is 1. The number of ketones is 1. The molecule has 1 aliphatic rings. The molecule has 0 bridgehead atoms. The first-order chi connectivity index (χ1) is 26.9. The van der Waals surface area contributed by atoms with E-state index in [0.717, 1.165) is 49.1 Å². The lowest BCUT2D eigenvalue weighted by atomic mass is 9.92. The van der Waals surface area contributed by atoms with E-state index < -0.39 is 23.1 Å². The Morgan fingerprint density at radius 1 is 1.12 bits per heavy atom. The molecule has 3 aromatic rings. The number of allylic oxidation sites excluding steroid dienone is 3. The Hall–Kier alpha value is -4.15. The Kier molecular flexibility index (Phi) is 25.5. The number of halogens is 5. The Labute approximate surface area is 342 Å². The van der Waals surface area contributed by atoms with E-state index in [2.05, 4.69) is 62.3 Å². The Morgan fingerprint density at radius 2 is 1.72 bits per heavy atom. The molecule has 57 heavy (non-hydrogen) atoms. The first-order valence-corrected chi connectivity index (χ1v) is 20.4. The van der Waals surface area contributed by atoms with Gasteiger partial charge in [0.2, 0.25) is 0 Å². The fourth-order valence-electron chi connectivity index (χ4n) is 5.68. The Bertz CT molecular complexity index is 1740. The molecule has 1 aromatic carbocycles. The van der Waals surface area contributed by atoms with Gasteiger partial charge in [-0.1, -0.05) is 80.5 Å². The lowest BCUT2D eigenvalue weighted by Crippen LogP contribution is -2.37. The summed E-state index contributed by atoms with van der Waals surface area (Å²) in [5.41, 5.74) is -1.38. The number of ether oxygens (including phenoxy) is 1. The number of hydrogen-bond acceptors (Lipinski definition) is 8. The Balaban J connectivity index is 0.00000109. The third kappa shape index (κ3) is 17.9. The van der Waals surface area contributed by atoms with Crippen LogP contribution in [0.2, 0.25) is 0 Å². The summed E-state index contributed by atoms with van der Waals surface area (Å²) in [6.45, 7) is 23.8. The number of thiophene rings is 1. The maximum absolute atomic E-state index is 15.5. The quantitative estimate of drug-likeness (QED) is 0.102. The predicted molar refractivity (Wildman–Crippen MR) is 228 cm³/mol. The first-order valence-electron chi connectivity index (χ1n) is 19.5. The zero-order valence-corrected chi connectivity index (χ0v) is 36.8. The number of anilines is 1.